The van der Waals surface area contributed by atoms with Crippen molar-refractivity contribution in [3.05, 3.63) is 60.2 Å². The molecule has 1 N–H and O–H groups in total. The van der Waals surface area contributed by atoms with E-state index in [2.05, 4.69) is 5.32 Å². The number of amides is 1. The third-order valence-corrected chi connectivity index (χ3v) is 3.94. The van der Waals surface area contributed by atoms with Crippen LogP contribution in [0, 0.1) is 0 Å². The molecule has 0 spiro atoms. The standard InChI is InChI=1S/C19H21NO3/c1-14(15-7-3-2-4-8-15)20-19(21)12-11-16-13-22-17-9-5-6-10-18(17)23-16/h2-10,14,16H,11-13H2,1H3,(H,20,21)/t14-,16+/m1/s1. The first-order valence-corrected chi connectivity index (χ1v) is 7.95. The van der Waals surface area contributed by atoms with Crippen LogP contribution >= 0.6 is 0 Å². The van der Waals surface area contributed by atoms with Gasteiger partial charge in [0.25, 0.3) is 0 Å². The van der Waals surface area contributed by atoms with Crippen molar-refractivity contribution in [2.24, 2.45) is 0 Å². The van der Waals surface area contributed by atoms with E-state index in [-0.39, 0.29) is 18.1 Å². The van der Waals surface area contributed by atoms with Gasteiger partial charge < -0.3 is 14.8 Å². The van der Waals surface area contributed by atoms with E-state index < -0.39 is 0 Å². The first kappa shape index (κ1) is 15.4. The van der Waals surface area contributed by atoms with Crippen molar-refractivity contribution in [3.8, 4) is 11.5 Å². The molecule has 2 aromatic rings. The fraction of sp³-hybridized carbons (Fsp3) is 0.316. The van der Waals surface area contributed by atoms with Crippen LogP contribution in [0.5, 0.6) is 11.5 Å². The van der Waals surface area contributed by atoms with Crippen LogP contribution in [0.25, 0.3) is 0 Å². The molecule has 4 heteroatoms. The Morgan fingerprint density at radius 2 is 1.83 bits per heavy atom. The summed E-state index contributed by atoms with van der Waals surface area (Å²) in [6, 6.07) is 17.6. The van der Waals surface area contributed by atoms with Gasteiger partial charge in [0.15, 0.2) is 11.5 Å². The zero-order valence-electron chi connectivity index (χ0n) is 13.2. The summed E-state index contributed by atoms with van der Waals surface area (Å²) in [6.07, 6.45) is 0.984. The third kappa shape index (κ3) is 4.03. The molecule has 2 atom stereocenters. The predicted octanol–water partition coefficient (Wildman–Crippen LogP) is 3.48. The minimum Gasteiger partial charge on any atom is -0.486 e. The van der Waals surface area contributed by atoms with Crippen molar-refractivity contribution in [2.75, 3.05) is 6.61 Å². The Kier molecular flexibility index (Phi) is 4.81. The highest BCUT2D eigenvalue weighted by atomic mass is 16.6. The van der Waals surface area contributed by atoms with Crippen molar-refractivity contribution < 1.29 is 14.3 Å². The second-order valence-electron chi connectivity index (χ2n) is 5.74. The van der Waals surface area contributed by atoms with Gasteiger partial charge in [0.1, 0.15) is 12.7 Å². The van der Waals surface area contributed by atoms with E-state index in [0.29, 0.717) is 19.4 Å². The number of para-hydroxylation sites is 2. The van der Waals surface area contributed by atoms with Gasteiger partial charge in [0.05, 0.1) is 6.04 Å². The number of hydrogen-bond donors (Lipinski definition) is 1. The van der Waals surface area contributed by atoms with Crippen molar-refractivity contribution in [2.45, 2.75) is 31.9 Å². The second kappa shape index (κ2) is 7.18. The number of fused-ring (bicyclic) bond motifs is 1. The van der Waals surface area contributed by atoms with E-state index in [1.54, 1.807) is 0 Å². The summed E-state index contributed by atoms with van der Waals surface area (Å²) in [5.74, 6) is 1.55. The van der Waals surface area contributed by atoms with Gasteiger partial charge in [-0.2, -0.15) is 0 Å². The average Bonchev–Trinajstić information content (AvgIpc) is 2.60. The van der Waals surface area contributed by atoms with Crippen LogP contribution in [0.1, 0.15) is 31.4 Å². The Morgan fingerprint density at radius 1 is 1.13 bits per heavy atom. The molecule has 0 unspecified atom stereocenters. The van der Waals surface area contributed by atoms with Crippen LogP contribution in [0.3, 0.4) is 0 Å². The zero-order valence-corrected chi connectivity index (χ0v) is 13.2. The summed E-state index contributed by atoms with van der Waals surface area (Å²) in [5, 5.41) is 3.02. The molecule has 2 aromatic carbocycles. The molecular weight excluding hydrogens is 290 g/mol. The fourth-order valence-electron chi connectivity index (χ4n) is 2.64. The normalized spacial score (nSPS) is 17.3. The lowest BCUT2D eigenvalue weighted by molar-refractivity contribution is -0.122. The third-order valence-electron chi connectivity index (χ3n) is 3.94. The van der Waals surface area contributed by atoms with Crippen molar-refractivity contribution in [3.63, 3.8) is 0 Å². The highest BCUT2D eigenvalue weighted by molar-refractivity contribution is 5.76. The lowest BCUT2D eigenvalue weighted by atomic mass is 10.1. The SMILES string of the molecule is C[C@@H](NC(=O)CC[C@H]1COc2ccccc2O1)c1ccccc1. The first-order chi connectivity index (χ1) is 11.2. The van der Waals surface area contributed by atoms with E-state index in [0.717, 1.165) is 17.1 Å². The molecule has 0 saturated carbocycles. The molecule has 0 bridgehead atoms. The summed E-state index contributed by atoms with van der Waals surface area (Å²) in [5.41, 5.74) is 1.10. The van der Waals surface area contributed by atoms with Crippen LogP contribution in [-0.2, 0) is 4.79 Å². The molecule has 23 heavy (non-hydrogen) atoms. The molecule has 0 aliphatic carbocycles. The molecule has 1 heterocycles. The Balaban J connectivity index is 1.47. The van der Waals surface area contributed by atoms with Crippen molar-refractivity contribution in [1.82, 2.24) is 5.32 Å². The largest absolute Gasteiger partial charge is 0.486 e. The van der Waals surface area contributed by atoms with E-state index >= 15 is 0 Å². The van der Waals surface area contributed by atoms with Crippen molar-refractivity contribution in [1.29, 1.82) is 0 Å². The molecule has 0 fully saturated rings. The maximum atomic E-state index is 12.1. The average molecular weight is 311 g/mol. The minimum atomic E-state index is -0.0809. The molecule has 0 radical (unpaired) electrons. The number of carbonyl (C=O) groups is 1. The topological polar surface area (TPSA) is 47.6 Å². The van der Waals surface area contributed by atoms with E-state index in [4.69, 9.17) is 9.47 Å². The molecule has 120 valence electrons. The smallest absolute Gasteiger partial charge is 0.220 e. The summed E-state index contributed by atoms with van der Waals surface area (Å²) in [4.78, 5) is 12.1. The summed E-state index contributed by atoms with van der Waals surface area (Å²) < 4.78 is 11.5. The quantitative estimate of drug-likeness (QED) is 0.919. The maximum absolute atomic E-state index is 12.1. The number of benzene rings is 2. The summed E-state index contributed by atoms with van der Waals surface area (Å²) in [6.45, 7) is 2.47. The fourth-order valence-corrected chi connectivity index (χ4v) is 2.64. The molecule has 4 nitrogen and oxygen atoms in total. The van der Waals surface area contributed by atoms with Gasteiger partial charge in [-0.15, -0.1) is 0 Å². The first-order valence-electron chi connectivity index (χ1n) is 7.95. The van der Waals surface area contributed by atoms with Gasteiger partial charge >= 0.3 is 0 Å². The Morgan fingerprint density at radius 3 is 2.61 bits per heavy atom. The highest BCUT2D eigenvalue weighted by Crippen LogP contribution is 2.31. The lowest BCUT2D eigenvalue weighted by Crippen LogP contribution is -2.32. The van der Waals surface area contributed by atoms with Crippen LogP contribution < -0.4 is 14.8 Å². The predicted molar refractivity (Wildman–Crippen MR) is 88.6 cm³/mol. The van der Waals surface area contributed by atoms with Crippen molar-refractivity contribution >= 4 is 5.91 Å². The molecular formula is C19H21NO3. The zero-order chi connectivity index (χ0) is 16.1. The van der Waals surface area contributed by atoms with Crippen LogP contribution in [0.4, 0.5) is 0 Å². The lowest BCUT2D eigenvalue weighted by Gasteiger charge is -2.26. The van der Waals surface area contributed by atoms with Gasteiger partial charge in [0, 0.05) is 6.42 Å². The molecule has 0 aromatic heterocycles. The van der Waals surface area contributed by atoms with E-state index in [1.807, 2.05) is 61.5 Å². The van der Waals surface area contributed by atoms with E-state index in [1.165, 1.54) is 0 Å². The molecule has 3 rings (SSSR count). The van der Waals surface area contributed by atoms with Gasteiger partial charge in [0.2, 0.25) is 5.91 Å². The molecule has 0 saturated heterocycles. The number of nitrogens with one attached hydrogen (secondary N) is 1. The minimum absolute atomic E-state index is 0.00736. The second-order valence-corrected chi connectivity index (χ2v) is 5.74. The van der Waals surface area contributed by atoms with Gasteiger partial charge in [-0.3, -0.25) is 4.79 Å². The monoisotopic (exact) mass is 311 g/mol. The number of carbonyl (C=O) groups excluding carboxylic acids is 1. The molecule has 1 aliphatic heterocycles. The van der Waals surface area contributed by atoms with Crippen LogP contribution in [0.2, 0.25) is 0 Å². The van der Waals surface area contributed by atoms with Gasteiger partial charge in [-0.1, -0.05) is 42.5 Å². The van der Waals surface area contributed by atoms with E-state index in [9.17, 15) is 4.79 Å². The van der Waals surface area contributed by atoms with Gasteiger partial charge in [-0.05, 0) is 31.0 Å². The molecule has 1 aliphatic rings. The number of ether oxygens (including phenoxy) is 2. The Hall–Kier alpha value is -2.49. The number of rotatable bonds is 5. The van der Waals surface area contributed by atoms with Crippen LogP contribution in [-0.4, -0.2) is 18.6 Å². The Labute approximate surface area is 136 Å². The summed E-state index contributed by atoms with van der Waals surface area (Å²) in [7, 11) is 0. The highest BCUT2D eigenvalue weighted by Gasteiger charge is 2.21. The Bertz CT molecular complexity index is 657. The number of hydrogen-bond acceptors (Lipinski definition) is 3. The maximum Gasteiger partial charge on any atom is 0.220 e. The van der Waals surface area contributed by atoms with Gasteiger partial charge in [-0.25, -0.2) is 0 Å². The summed E-state index contributed by atoms with van der Waals surface area (Å²) >= 11 is 0. The van der Waals surface area contributed by atoms with Crippen LogP contribution in [0.15, 0.2) is 54.6 Å². The molecule has 1 amide bonds.